The third kappa shape index (κ3) is 4.21. The van der Waals surface area contributed by atoms with E-state index >= 15 is 0 Å². The van der Waals surface area contributed by atoms with Gasteiger partial charge >= 0.3 is 6.03 Å². The maximum atomic E-state index is 12.7. The Morgan fingerprint density at radius 2 is 2.14 bits per heavy atom. The standard InChI is InChI=1S/C22H27N3O3/c1-27-20-6-2-5-18-13-19(15-28-21(18)20)24-22(26)25-10-7-16(8-11-25)12-17-4-3-9-23-14-17/h2-6,9,14,16,19H,7-8,10-13,15H2,1H3,(H,24,26)/t19-/m1/s1. The summed E-state index contributed by atoms with van der Waals surface area (Å²) in [5, 5.41) is 3.14. The molecular formula is C22H27N3O3. The fourth-order valence-corrected chi connectivity index (χ4v) is 4.11. The summed E-state index contributed by atoms with van der Waals surface area (Å²) in [5.74, 6) is 2.16. The first-order chi connectivity index (χ1) is 13.7. The molecule has 148 valence electrons. The van der Waals surface area contributed by atoms with Crippen molar-refractivity contribution in [2.24, 2.45) is 5.92 Å². The zero-order valence-electron chi connectivity index (χ0n) is 16.3. The van der Waals surface area contributed by atoms with Gasteiger partial charge in [0.15, 0.2) is 11.5 Å². The second kappa shape index (κ2) is 8.50. The van der Waals surface area contributed by atoms with Gasteiger partial charge in [-0.1, -0.05) is 18.2 Å². The van der Waals surface area contributed by atoms with Gasteiger partial charge in [0.1, 0.15) is 6.61 Å². The molecule has 1 atom stereocenters. The minimum Gasteiger partial charge on any atom is -0.493 e. The molecule has 0 aliphatic carbocycles. The summed E-state index contributed by atoms with van der Waals surface area (Å²) >= 11 is 0. The molecule has 28 heavy (non-hydrogen) atoms. The van der Waals surface area contributed by atoms with Crippen molar-refractivity contribution in [2.75, 3.05) is 26.8 Å². The molecule has 4 rings (SSSR count). The Kier molecular flexibility index (Phi) is 5.65. The Morgan fingerprint density at radius 1 is 1.29 bits per heavy atom. The molecule has 0 radical (unpaired) electrons. The SMILES string of the molecule is COc1cccc2c1OC[C@H](NC(=O)N1CCC(Cc3cccnc3)CC1)C2. The summed E-state index contributed by atoms with van der Waals surface area (Å²) in [6.07, 6.45) is 7.61. The number of pyridine rings is 1. The molecule has 2 aliphatic heterocycles. The lowest BCUT2D eigenvalue weighted by Crippen LogP contribution is -2.51. The van der Waals surface area contributed by atoms with Crippen molar-refractivity contribution in [3.8, 4) is 11.5 Å². The summed E-state index contributed by atoms with van der Waals surface area (Å²) in [6, 6.07) is 9.99. The number of ether oxygens (including phenoxy) is 2. The van der Waals surface area contributed by atoms with E-state index in [-0.39, 0.29) is 12.1 Å². The Labute approximate surface area is 165 Å². The summed E-state index contributed by atoms with van der Waals surface area (Å²) in [6.45, 7) is 2.07. The Balaban J connectivity index is 1.27. The van der Waals surface area contributed by atoms with Crippen LogP contribution in [0.2, 0.25) is 0 Å². The highest BCUT2D eigenvalue weighted by atomic mass is 16.5. The van der Waals surface area contributed by atoms with Crippen LogP contribution in [-0.4, -0.2) is 48.8 Å². The minimum absolute atomic E-state index is 0.0137. The molecule has 2 amide bonds. The monoisotopic (exact) mass is 381 g/mol. The quantitative estimate of drug-likeness (QED) is 0.884. The fourth-order valence-electron chi connectivity index (χ4n) is 4.11. The van der Waals surface area contributed by atoms with E-state index in [4.69, 9.17) is 9.47 Å². The van der Waals surface area contributed by atoms with E-state index in [0.717, 1.165) is 55.8 Å². The number of fused-ring (bicyclic) bond motifs is 1. The molecule has 1 fully saturated rings. The van der Waals surface area contributed by atoms with Crippen LogP contribution in [0.3, 0.4) is 0 Å². The number of amides is 2. The van der Waals surface area contributed by atoms with Gasteiger partial charge in [-0.25, -0.2) is 4.79 Å². The molecule has 0 unspecified atom stereocenters. The Hall–Kier alpha value is -2.76. The van der Waals surface area contributed by atoms with E-state index < -0.39 is 0 Å². The van der Waals surface area contributed by atoms with Crippen molar-refractivity contribution >= 4 is 6.03 Å². The fraction of sp³-hybridized carbons (Fsp3) is 0.455. The molecule has 1 N–H and O–H groups in total. The van der Waals surface area contributed by atoms with Gasteiger partial charge in [-0.3, -0.25) is 4.98 Å². The lowest BCUT2D eigenvalue weighted by Gasteiger charge is -2.34. The number of rotatable bonds is 4. The van der Waals surface area contributed by atoms with Crippen molar-refractivity contribution in [2.45, 2.75) is 31.7 Å². The van der Waals surface area contributed by atoms with Crippen LogP contribution in [0.4, 0.5) is 4.79 Å². The summed E-state index contributed by atoms with van der Waals surface area (Å²) in [4.78, 5) is 18.8. The average Bonchev–Trinajstić information content (AvgIpc) is 2.74. The van der Waals surface area contributed by atoms with Gasteiger partial charge in [0, 0.05) is 31.0 Å². The van der Waals surface area contributed by atoms with Gasteiger partial charge in [0.05, 0.1) is 13.2 Å². The molecular weight excluding hydrogens is 354 g/mol. The van der Waals surface area contributed by atoms with Crippen LogP contribution < -0.4 is 14.8 Å². The van der Waals surface area contributed by atoms with E-state index in [1.807, 2.05) is 35.4 Å². The number of likely N-dealkylation sites (tertiary alicyclic amines) is 1. The number of para-hydroxylation sites is 1. The van der Waals surface area contributed by atoms with Crippen molar-refractivity contribution in [3.63, 3.8) is 0 Å². The van der Waals surface area contributed by atoms with E-state index in [1.165, 1.54) is 5.56 Å². The van der Waals surface area contributed by atoms with E-state index in [1.54, 1.807) is 13.3 Å². The summed E-state index contributed by atoms with van der Waals surface area (Å²) in [7, 11) is 1.64. The van der Waals surface area contributed by atoms with Crippen molar-refractivity contribution < 1.29 is 14.3 Å². The van der Waals surface area contributed by atoms with Gasteiger partial charge in [0.2, 0.25) is 0 Å². The number of hydrogen-bond donors (Lipinski definition) is 1. The van der Waals surface area contributed by atoms with Gasteiger partial charge in [-0.2, -0.15) is 0 Å². The molecule has 2 aliphatic rings. The zero-order chi connectivity index (χ0) is 19.3. The highest BCUT2D eigenvalue weighted by Gasteiger charge is 2.27. The van der Waals surface area contributed by atoms with Crippen LogP contribution >= 0.6 is 0 Å². The van der Waals surface area contributed by atoms with Crippen LogP contribution in [0, 0.1) is 5.92 Å². The number of carbonyl (C=O) groups is 1. The second-order valence-electron chi connectivity index (χ2n) is 7.61. The van der Waals surface area contributed by atoms with Crippen LogP contribution in [0.1, 0.15) is 24.0 Å². The first kappa shape index (κ1) is 18.6. The normalized spacial score (nSPS) is 19.5. The molecule has 6 nitrogen and oxygen atoms in total. The summed E-state index contributed by atoms with van der Waals surface area (Å²) in [5.41, 5.74) is 2.35. The number of carbonyl (C=O) groups excluding carboxylic acids is 1. The molecule has 1 aromatic carbocycles. The largest absolute Gasteiger partial charge is 0.493 e. The van der Waals surface area contributed by atoms with Crippen LogP contribution in [0.25, 0.3) is 0 Å². The smallest absolute Gasteiger partial charge is 0.317 e. The number of benzene rings is 1. The average molecular weight is 381 g/mol. The van der Waals surface area contributed by atoms with E-state index in [0.29, 0.717) is 12.5 Å². The van der Waals surface area contributed by atoms with E-state index in [2.05, 4.69) is 16.4 Å². The predicted octanol–water partition coefficient (Wildman–Crippen LogP) is 3.06. The van der Waals surface area contributed by atoms with Crippen molar-refractivity contribution in [3.05, 3.63) is 53.9 Å². The van der Waals surface area contributed by atoms with Gasteiger partial charge in [0.25, 0.3) is 0 Å². The molecule has 0 bridgehead atoms. The Bertz CT molecular complexity index is 804. The number of nitrogens with one attached hydrogen (secondary N) is 1. The molecule has 2 aromatic rings. The van der Waals surface area contributed by atoms with E-state index in [9.17, 15) is 4.79 Å². The number of piperidine rings is 1. The highest BCUT2D eigenvalue weighted by molar-refractivity contribution is 5.74. The van der Waals surface area contributed by atoms with Crippen molar-refractivity contribution in [1.82, 2.24) is 15.2 Å². The first-order valence-electron chi connectivity index (χ1n) is 9.96. The third-order valence-corrected chi connectivity index (χ3v) is 5.65. The predicted molar refractivity (Wildman–Crippen MR) is 107 cm³/mol. The molecule has 1 aromatic heterocycles. The van der Waals surface area contributed by atoms with Gasteiger partial charge < -0.3 is 19.7 Å². The second-order valence-corrected chi connectivity index (χ2v) is 7.61. The number of hydrogen-bond acceptors (Lipinski definition) is 4. The van der Waals surface area contributed by atoms with Crippen LogP contribution in [-0.2, 0) is 12.8 Å². The Morgan fingerprint density at radius 3 is 2.89 bits per heavy atom. The van der Waals surface area contributed by atoms with Crippen molar-refractivity contribution in [1.29, 1.82) is 0 Å². The van der Waals surface area contributed by atoms with Crippen LogP contribution in [0.15, 0.2) is 42.7 Å². The highest BCUT2D eigenvalue weighted by Crippen LogP contribution is 2.34. The van der Waals surface area contributed by atoms with Crippen LogP contribution in [0.5, 0.6) is 11.5 Å². The lowest BCUT2D eigenvalue weighted by molar-refractivity contribution is 0.158. The van der Waals surface area contributed by atoms with Gasteiger partial charge in [-0.05, 0) is 49.3 Å². The summed E-state index contributed by atoms with van der Waals surface area (Å²) < 4.78 is 11.2. The molecule has 3 heterocycles. The topological polar surface area (TPSA) is 63.7 Å². The molecule has 0 saturated carbocycles. The molecule has 1 saturated heterocycles. The first-order valence-corrected chi connectivity index (χ1v) is 9.96. The maximum Gasteiger partial charge on any atom is 0.317 e. The number of urea groups is 1. The number of nitrogens with zero attached hydrogens (tertiary/aromatic N) is 2. The molecule has 6 heteroatoms. The molecule has 0 spiro atoms. The van der Waals surface area contributed by atoms with Gasteiger partial charge in [-0.15, -0.1) is 0 Å². The number of aromatic nitrogens is 1. The minimum atomic E-state index is -0.0137. The zero-order valence-corrected chi connectivity index (χ0v) is 16.3. The third-order valence-electron chi connectivity index (χ3n) is 5.65. The maximum absolute atomic E-state index is 12.7. The lowest BCUT2D eigenvalue weighted by atomic mass is 9.91. The number of methoxy groups -OCH3 is 1.